The second-order valence-corrected chi connectivity index (χ2v) is 2.21. The number of rotatable bonds is 1. The van der Waals surface area contributed by atoms with Crippen LogP contribution in [-0.2, 0) is 0 Å². The van der Waals surface area contributed by atoms with E-state index in [2.05, 4.69) is 5.32 Å². The number of nitrogens with one attached hydrogen (secondary N) is 2. The first-order valence-corrected chi connectivity index (χ1v) is 3.37. The molecule has 0 unspecified atom stereocenters. The maximum Gasteiger partial charge on any atom is 0.105 e. The van der Waals surface area contributed by atoms with Crippen LogP contribution in [0.1, 0.15) is 0 Å². The van der Waals surface area contributed by atoms with E-state index in [0.717, 1.165) is 5.57 Å². The van der Waals surface area contributed by atoms with Gasteiger partial charge >= 0.3 is 0 Å². The molecule has 0 atom stereocenters. The molecule has 0 amide bonds. The standard InChI is InChI=1S/C8H11N3/c1-11-8(10)6-4-2-3-5-7(6)9/h2-5,9,11H,10H2,1H3/b8-6+,9-7?. The van der Waals surface area contributed by atoms with Crippen LogP contribution in [0.2, 0.25) is 0 Å². The van der Waals surface area contributed by atoms with Crippen molar-refractivity contribution in [2.24, 2.45) is 5.73 Å². The van der Waals surface area contributed by atoms with Gasteiger partial charge in [-0.1, -0.05) is 12.2 Å². The van der Waals surface area contributed by atoms with Gasteiger partial charge in [0.05, 0.1) is 5.71 Å². The Kier molecular flexibility index (Phi) is 2.11. The molecule has 1 aliphatic rings. The Morgan fingerprint density at radius 3 is 2.64 bits per heavy atom. The van der Waals surface area contributed by atoms with Gasteiger partial charge in [-0.2, -0.15) is 0 Å². The summed E-state index contributed by atoms with van der Waals surface area (Å²) in [4.78, 5) is 0. The molecule has 0 aromatic carbocycles. The minimum Gasteiger partial charge on any atom is -0.385 e. The first kappa shape index (κ1) is 7.60. The normalized spacial score (nSPS) is 20.3. The Morgan fingerprint density at radius 1 is 1.45 bits per heavy atom. The predicted octanol–water partition coefficient (Wildman–Crippen LogP) is 0.522. The average molecular weight is 149 g/mol. The van der Waals surface area contributed by atoms with Crippen LogP contribution in [0.25, 0.3) is 0 Å². The largest absolute Gasteiger partial charge is 0.385 e. The molecule has 3 heteroatoms. The Balaban J connectivity index is 2.98. The number of nitrogens with two attached hydrogens (primary N) is 1. The van der Waals surface area contributed by atoms with Crippen LogP contribution < -0.4 is 11.1 Å². The van der Waals surface area contributed by atoms with E-state index < -0.39 is 0 Å². The second-order valence-electron chi connectivity index (χ2n) is 2.21. The molecule has 0 spiro atoms. The molecule has 1 rings (SSSR count). The molecule has 58 valence electrons. The van der Waals surface area contributed by atoms with E-state index in [1.165, 1.54) is 0 Å². The summed E-state index contributed by atoms with van der Waals surface area (Å²) >= 11 is 0. The van der Waals surface area contributed by atoms with Crippen LogP contribution in [0.3, 0.4) is 0 Å². The minimum atomic E-state index is 0.444. The van der Waals surface area contributed by atoms with Crippen molar-refractivity contribution in [2.45, 2.75) is 0 Å². The topological polar surface area (TPSA) is 61.9 Å². The van der Waals surface area contributed by atoms with Gasteiger partial charge < -0.3 is 16.5 Å². The van der Waals surface area contributed by atoms with Crippen molar-refractivity contribution < 1.29 is 0 Å². The molecule has 0 saturated heterocycles. The van der Waals surface area contributed by atoms with Crippen LogP contribution in [0.15, 0.2) is 35.7 Å². The molecule has 11 heavy (non-hydrogen) atoms. The van der Waals surface area contributed by atoms with Crippen molar-refractivity contribution in [2.75, 3.05) is 7.05 Å². The molecule has 0 saturated carbocycles. The quantitative estimate of drug-likeness (QED) is 0.509. The van der Waals surface area contributed by atoms with Crippen LogP contribution in [0, 0.1) is 5.41 Å². The number of hydrogen-bond donors (Lipinski definition) is 3. The van der Waals surface area contributed by atoms with Gasteiger partial charge in [0.2, 0.25) is 0 Å². The van der Waals surface area contributed by atoms with E-state index in [4.69, 9.17) is 11.1 Å². The second kappa shape index (κ2) is 3.05. The van der Waals surface area contributed by atoms with Crippen molar-refractivity contribution in [3.63, 3.8) is 0 Å². The third kappa shape index (κ3) is 1.49. The third-order valence-electron chi connectivity index (χ3n) is 1.49. The molecule has 0 heterocycles. The summed E-state index contributed by atoms with van der Waals surface area (Å²) in [7, 11) is 1.74. The molecular weight excluding hydrogens is 138 g/mol. The monoisotopic (exact) mass is 149 g/mol. The van der Waals surface area contributed by atoms with Gasteiger partial charge in [0.1, 0.15) is 5.82 Å². The minimum absolute atomic E-state index is 0.444. The zero-order valence-corrected chi connectivity index (χ0v) is 6.39. The molecule has 0 bridgehead atoms. The lowest BCUT2D eigenvalue weighted by atomic mass is 10.1. The Labute approximate surface area is 65.8 Å². The summed E-state index contributed by atoms with van der Waals surface area (Å²) in [5, 5.41) is 10.3. The lowest BCUT2D eigenvalue weighted by Crippen LogP contribution is -2.20. The fraction of sp³-hybridized carbons (Fsp3) is 0.125. The molecule has 0 aromatic rings. The van der Waals surface area contributed by atoms with Crippen molar-refractivity contribution >= 4 is 5.71 Å². The number of allylic oxidation sites excluding steroid dienone is 5. The van der Waals surface area contributed by atoms with Gasteiger partial charge in [-0.25, -0.2) is 0 Å². The zero-order chi connectivity index (χ0) is 8.27. The molecule has 0 fully saturated rings. The van der Waals surface area contributed by atoms with Crippen molar-refractivity contribution in [3.8, 4) is 0 Å². The zero-order valence-electron chi connectivity index (χ0n) is 6.39. The third-order valence-corrected chi connectivity index (χ3v) is 1.49. The van der Waals surface area contributed by atoms with Crippen LogP contribution in [-0.4, -0.2) is 12.8 Å². The van der Waals surface area contributed by atoms with Crippen molar-refractivity contribution in [3.05, 3.63) is 35.7 Å². The van der Waals surface area contributed by atoms with E-state index in [1.54, 1.807) is 13.1 Å². The molecule has 1 aliphatic carbocycles. The van der Waals surface area contributed by atoms with E-state index in [0.29, 0.717) is 11.5 Å². The summed E-state index contributed by atoms with van der Waals surface area (Å²) in [6.07, 6.45) is 7.19. The fourth-order valence-electron chi connectivity index (χ4n) is 0.853. The summed E-state index contributed by atoms with van der Waals surface area (Å²) in [6, 6.07) is 0. The van der Waals surface area contributed by atoms with Crippen molar-refractivity contribution in [1.82, 2.24) is 5.32 Å². The van der Waals surface area contributed by atoms with Crippen LogP contribution >= 0.6 is 0 Å². The van der Waals surface area contributed by atoms with E-state index in [9.17, 15) is 0 Å². The fourth-order valence-corrected chi connectivity index (χ4v) is 0.853. The van der Waals surface area contributed by atoms with Gasteiger partial charge in [-0.05, 0) is 12.2 Å². The summed E-state index contributed by atoms with van der Waals surface area (Å²) in [5.41, 5.74) is 6.77. The van der Waals surface area contributed by atoms with Gasteiger partial charge in [0.15, 0.2) is 0 Å². The highest BCUT2D eigenvalue weighted by atomic mass is 15.0. The van der Waals surface area contributed by atoms with Crippen molar-refractivity contribution in [1.29, 1.82) is 5.41 Å². The van der Waals surface area contributed by atoms with Crippen LogP contribution in [0.5, 0.6) is 0 Å². The molecule has 0 radical (unpaired) electrons. The van der Waals surface area contributed by atoms with Gasteiger partial charge in [0, 0.05) is 12.6 Å². The summed E-state index contributed by atoms with van der Waals surface area (Å²) < 4.78 is 0. The lowest BCUT2D eigenvalue weighted by Gasteiger charge is -2.08. The molecule has 0 aromatic heterocycles. The summed E-state index contributed by atoms with van der Waals surface area (Å²) in [6.45, 7) is 0. The first-order valence-electron chi connectivity index (χ1n) is 3.37. The Morgan fingerprint density at radius 2 is 2.09 bits per heavy atom. The van der Waals surface area contributed by atoms with E-state index >= 15 is 0 Å². The molecule has 0 aliphatic heterocycles. The van der Waals surface area contributed by atoms with Gasteiger partial charge in [-0.15, -0.1) is 0 Å². The molecular formula is C8H11N3. The highest BCUT2D eigenvalue weighted by Gasteiger charge is 2.04. The average Bonchev–Trinajstić information content (AvgIpc) is 2.04. The summed E-state index contributed by atoms with van der Waals surface area (Å²) in [5.74, 6) is 0.538. The first-order chi connectivity index (χ1) is 5.25. The van der Waals surface area contributed by atoms with Gasteiger partial charge in [-0.3, -0.25) is 0 Å². The Hall–Kier alpha value is -1.51. The highest BCUT2D eigenvalue weighted by molar-refractivity contribution is 6.09. The smallest absolute Gasteiger partial charge is 0.105 e. The van der Waals surface area contributed by atoms with E-state index in [-0.39, 0.29) is 0 Å². The van der Waals surface area contributed by atoms with Gasteiger partial charge in [0.25, 0.3) is 0 Å². The maximum atomic E-state index is 7.46. The maximum absolute atomic E-state index is 7.46. The molecule has 4 N–H and O–H groups in total. The van der Waals surface area contributed by atoms with E-state index in [1.807, 2.05) is 18.2 Å². The molecule has 3 nitrogen and oxygen atoms in total. The predicted molar refractivity (Wildman–Crippen MR) is 46.3 cm³/mol. The SMILES string of the molecule is CN/C(N)=C1\C=CC=CC1=N. The highest BCUT2D eigenvalue weighted by Crippen LogP contribution is 2.07. The lowest BCUT2D eigenvalue weighted by molar-refractivity contribution is 0.956. The Bertz CT molecular complexity index is 259. The number of hydrogen-bond acceptors (Lipinski definition) is 3. The van der Waals surface area contributed by atoms with Crippen LogP contribution in [0.4, 0.5) is 0 Å².